The SMILES string of the molecule is CC(C)CC[C](c1cccc(OCCNCc2ccccc2)c1)C(CC(C)C)(c1cccc(OCCNCc2ccccc2)c1)C(C)(C)c1cccc(OCCNCCCOC(C)C)c1. The van der Waals surface area contributed by atoms with Gasteiger partial charge in [0.25, 0.3) is 0 Å². The Balaban J connectivity index is 1.48. The van der Waals surface area contributed by atoms with E-state index in [4.69, 9.17) is 18.9 Å². The number of rotatable bonds is 31. The predicted molar refractivity (Wildman–Crippen MR) is 271 cm³/mol. The minimum Gasteiger partial charge on any atom is -0.492 e. The van der Waals surface area contributed by atoms with Crippen LogP contribution >= 0.6 is 0 Å². The van der Waals surface area contributed by atoms with Crippen molar-refractivity contribution in [3.63, 3.8) is 0 Å². The van der Waals surface area contributed by atoms with Crippen LogP contribution in [0.4, 0.5) is 0 Å². The highest BCUT2D eigenvalue weighted by Gasteiger charge is 2.53. The second-order valence-corrected chi connectivity index (χ2v) is 19.0. The average Bonchev–Trinajstić information content (AvgIpc) is 3.30. The van der Waals surface area contributed by atoms with Crippen LogP contribution in [0, 0.1) is 17.8 Å². The quantitative estimate of drug-likeness (QED) is 0.0383. The molecule has 0 heterocycles. The van der Waals surface area contributed by atoms with Gasteiger partial charge in [-0.3, -0.25) is 0 Å². The van der Waals surface area contributed by atoms with Crippen LogP contribution < -0.4 is 30.2 Å². The van der Waals surface area contributed by atoms with E-state index in [2.05, 4.69) is 205 Å². The van der Waals surface area contributed by atoms with Crippen molar-refractivity contribution in [2.24, 2.45) is 11.8 Å². The first kappa shape index (κ1) is 51.3. The van der Waals surface area contributed by atoms with Crippen LogP contribution in [0.3, 0.4) is 0 Å². The fourth-order valence-electron chi connectivity index (χ4n) is 8.93. The van der Waals surface area contributed by atoms with Crippen LogP contribution in [0.25, 0.3) is 0 Å². The average molecular weight is 883 g/mol. The Kier molecular flexibility index (Phi) is 21.4. The molecule has 0 amide bonds. The molecule has 3 N–H and O–H groups in total. The standard InChI is InChI=1S/C58H80N3O4/c1-45(2)29-30-56(50-23-15-26-53(39-50)63-37-33-60-43-48-19-11-9-12-20-48)58(42-46(3)4,52-25-17-28-55(41-52)65-38-34-61-44-49-21-13-10-14-22-49)57(7,8)51-24-16-27-54(40-51)64-36-32-59-31-18-35-62-47(5)6/h9-17,19-28,39-41,45-47,59-61H,18,29-38,42-44H2,1-8H3. The Labute approximate surface area is 393 Å². The molecule has 7 nitrogen and oxygen atoms in total. The molecule has 0 aromatic heterocycles. The zero-order valence-corrected chi connectivity index (χ0v) is 41.0. The first-order chi connectivity index (χ1) is 31.5. The molecule has 0 saturated carbocycles. The number of ether oxygens (including phenoxy) is 4. The van der Waals surface area contributed by atoms with Crippen LogP contribution in [0.15, 0.2) is 133 Å². The molecule has 7 heteroatoms. The molecular formula is C58H80N3O4. The molecule has 5 aromatic carbocycles. The van der Waals surface area contributed by atoms with Gasteiger partial charge in [0.2, 0.25) is 0 Å². The van der Waals surface area contributed by atoms with E-state index >= 15 is 0 Å². The van der Waals surface area contributed by atoms with E-state index in [0.29, 0.717) is 31.7 Å². The lowest BCUT2D eigenvalue weighted by Gasteiger charge is -2.54. The second-order valence-electron chi connectivity index (χ2n) is 19.0. The van der Waals surface area contributed by atoms with Crippen molar-refractivity contribution in [1.82, 2.24) is 16.0 Å². The summed E-state index contributed by atoms with van der Waals surface area (Å²) in [5.74, 6) is 4.98. The molecule has 65 heavy (non-hydrogen) atoms. The summed E-state index contributed by atoms with van der Waals surface area (Å²) in [6, 6.07) is 47.7. The van der Waals surface area contributed by atoms with Gasteiger partial charge < -0.3 is 34.9 Å². The van der Waals surface area contributed by atoms with Gasteiger partial charge in [-0.05, 0) is 116 Å². The molecule has 1 radical (unpaired) electrons. The molecule has 1 unspecified atom stereocenters. The summed E-state index contributed by atoms with van der Waals surface area (Å²) in [7, 11) is 0. The van der Waals surface area contributed by atoms with Gasteiger partial charge >= 0.3 is 0 Å². The Hall–Kier alpha value is -4.66. The van der Waals surface area contributed by atoms with Gasteiger partial charge in [-0.25, -0.2) is 0 Å². The molecular weight excluding hydrogens is 803 g/mol. The van der Waals surface area contributed by atoms with Gasteiger partial charge in [0.15, 0.2) is 0 Å². The zero-order valence-electron chi connectivity index (χ0n) is 41.0. The maximum Gasteiger partial charge on any atom is 0.119 e. The maximum atomic E-state index is 6.58. The summed E-state index contributed by atoms with van der Waals surface area (Å²) >= 11 is 0. The third-order valence-electron chi connectivity index (χ3n) is 12.3. The number of nitrogens with one attached hydrogen (secondary N) is 3. The lowest BCUT2D eigenvalue weighted by atomic mass is 9.49. The summed E-state index contributed by atoms with van der Waals surface area (Å²) < 4.78 is 25.3. The topological polar surface area (TPSA) is 73.0 Å². The summed E-state index contributed by atoms with van der Waals surface area (Å²) in [6.45, 7) is 25.8. The highest BCUT2D eigenvalue weighted by Crippen LogP contribution is 2.58. The van der Waals surface area contributed by atoms with Gasteiger partial charge in [-0.15, -0.1) is 0 Å². The molecule has 1 atom stereocenters. The van der Waals surface area contributed by atoms with Crippen molar-refractivity contribution < 1.29 is 18.9 Å². The van der Waals surface area contributed by atoms with E-state index in [1.165, 1.54) is 33.7 Å². The smallest absolute Gasteiger partial charge is 0.119 e. The van der Waals surface area contributed by atoms with E-state index in [9.17, 15) is 0 Å². The monoisotopic (exact) mass is 883 g/mol. The van der Waals surface area contributed by atoms with E-state index in [1.54, 1.807) is 0 Å². The normalized spacial score (nSPS) is 12.9. The van der Waals surface area contributed by atoms with E-state index in [0.717, 1.165) is 88.8 Å². The molecule has 0 aliphatic rings. The van der Waals surface area contributed by atoms with Crippen LogP contribution in [0.2, 0.25) is 0 Å². The highest BCUT2D eigenvalue weighted by molar-refractivity contribution is 5.54. The van der Waals surface area contributed by atoms with E-state index < -0.39 is 10.8 Å². The Bertz CT molecular complexity index is 2050. The van der Waals surface area contributed by atoms with E-state index in [-0.39, 0.29) is 6.10 Å². The largest absolute Gasteiger partial charge is 0.492 e. The van der Waals surface area contributed by atoms with Crippen molar-refractivity contribution in [2.75, 3.05) is 52.6 Å². The summed E-state index contributed by atoms with van der Waals surface area (Å²) in [4.78, 5) is 0. The second kappa shape index (κ2) is 27.1. The third-order valence-corrected chi connectivity index (χ3v) is 12.3. The molecule has 0 aliphatic heterocycles. The van der Waals surface area contributed by atoms with Crippen LogP contribution in [0.1, 0.15) is 109 Å². The third kappa shape index (κ3) is 16.3. The minimum absolute atomic E-state index is 0.260. The van der Waals surface area contributed by atoms with Gasteiger partial charge in [-0.2, -0.15) is 0 Å². The van der Waals surface area contributed by atoms with Crippen LogP contribution in [0.5, 0.6) is 17.2 Å². The lowest BCUT2D eigenvalue weighted by Crippen LogP contribution is -2.51. The fraction of sp³-hybridized carbons (Fsp3) is 0.466. The minimum atomic E-state index is -0.449. The maximum absolute atomic E-state index is 6.58. The molecule has 0 fully saturated rings. The molecule has 0 aliphatic carbocycles. The number of hydrogen-bond acceptors (Lipinski definition) is 7. The molecule has 0 bridgehead atoms. The fourth-order valence-corrected chi connectivity index (χ4v) is 8.93. The highest BCUT2D eigenvalue weighted by atomic mass is 16.5. The summed E-state index contributed by atoms with van der Waals surface area (Å²) in [6.07, 6.45) is 4.17. The van der Waals surface area contributed by atoms with Crippen molar-refractivity contribution >= 4 is 0 Å². The number of hydrogen-bond donors (Lipinski definition) is 3. The summed E-state index contributed by atoms with van der Waals surface area (Å²) in [5.41, 5.74) is 5.42. The van der Waals surface area contributed by atoms with Gasteiger partial charge in [0, 0.05) is 56.1 Å². The number of benzene rings is 5. The van der Waals surface area contributed by atoms with Crippen LogP contribution in [-0.2, 0) is 28.7 Å². The van der Waals surface area contributed by atoms with Crippen LogP contribution in [-0.4, -0.2) is 58.7 Å². The first-order valence-corrected chi connectivity index (χ1v) is 24.4. The summed E-state index contributed by atoms with van der Waals surface area (Å²) in [5, 5.41) is 10.6. The Morgan fingerprint density at radius 2 is 1.02 bits per heavy atom. The van der Waals surface area contributed by atoms with Gasteiger partial charge in [-0.1, -0.05) is 145 Å². The Morgan fingerprint density at radius 1 is 0.508 bits per heavy atom. The van der Waals surface area contributed by atoms with Crippen molar-refractivity contribution in [2.45, 2.75) is 111 Å². The molecule has 0 spiro atoms. The van der Waals surface area contributed by atoms with Crippen molar-refractivity contribution in [1.29, 1.82) is 0 Å². The van der Waals surface area contributed by atoms with Gasteiger partial charge in [0.05, 0.1) is 6.10 Å². The first-order valence-electron chi connectivity index (χ1n) is 24.4. The van der Waals surface area contributed by atoms with Crippen molar-refractivity contribution in [3.05, 3.63) is 167 Å². The Morgan fingerprint density at radius 3 is 1.55 bits per heavy atom. The predicted octanol–water partition coefficient (Wildman–Crippen LogP) is 12.1. The molecule has 0 saturated heterocycles. The molecule has 5 aromatic rings. The molecule has 5 rings (SSSR count). The van der Waals surface area contributed by atoms with Gasteiger partial charge in [0.1, 0.15) is 37.1 Å². The van der Waals surface area contributed by atoms with Crippen molar-refractivity contribution in [3.8, 4) is 17.2 Å². The lowest BCUT2D eigenvalue weighted by molar-refractivity contribution is 0.0770. The zero-order chi connectivity index (χ0) is 46.3. The molecule has 351 valence electrons. The van der Waals surface area contributed by atoms with E-state index in [1.807, 2.05) is 0 Å².